The summed E-state index contributed by atoms with van der Waals surface area (Å²) in [5.41, 5.74) is 6.91. The van der Waals surface area contributed by atoms with Gasteiger partial charge in [0.1, 0.15) is 11.9 Å². The summed E-state index contributed by atoms with van der Waals surface area (Å²) in [6.45, 7) is 4.24. The minimum atomic E-state index is -0.0127. The van der Waals surface area contributed by atoms with E-state index in [1.807, 2.05) is 6.07 Å². The zero-order chi connectivity index (χ0) is 13.8. The standard InChI is InChI=1S/C15H25N3O/c1-10(2)12-9-13(16)18-15(17-12)14(19-3)11-7-5-4-6-8-11/h9-11,14H,4-8H2,1-3H3,(H2,16,17,18). The molecule has 1 saturated carbocycles. The van der Waals surface area contributed by atoms with Gasteiger partial charge >= 0.3 is 0 Å². The van der Waals surface area contributed by atoms with Gasteiger partial charge < -0.3 is 10.5 Å². The maximum absolute atomic E-state index is 5.91. The van der Waals surface area contributed by atoms with Gasteiger partial charge in [0.15, 0.2) is 5.82 Å². The lowest BCUT2D eigenvalue weighted by Crippen LogP contribution is -2.21. The number of nitrogen functional groups attached to an aromatic ring is 1. The maximum atomic E-state index is 5.91. The summed E-state index contributed by atoms with van der Waals surface area (Å²) in [6, 6.07) is 1.86. The molecule has 2 N–H and O–H groups in total. The average Bonchev–Trinajstić information content (AvgIpc) is 2.40. The normalized spacial score (nSPS) is 18.7. The summed E-state index contributed by atoms with van der Waals surface area (Å²) >= 11 is 0. The smallest absolute Gasteiger partial charge is 0.160 e. The van der Waals surface area contributed by atoms with Crippen LogP contribution in [0.3, 0.4) is 0 Å². The number of methoxy groups -OCH3 is 1. The maximum Gasteiger partial charge on any atom is 0.160 e. The fourth-order valence-corrected chi connectivity index (χ4v) is 2.87. The van der Waals surface area contributed by atoms with E-state index in [1.165, 1.54) is 32.1 Å². The monoisotopic (exact) mass is 263 g/mol. The summed E-state index contributed by atoms with van der Waals surface area (Å²) in [7, 11) is 1.75. The Kier molecular flexibility index (Phi) is 4.75. The number of ether oxygens (including phenoxy) is 1. The van der Waals surface area contributed by atoms with Crippen LogP contribution in [-0.4, -0.2) is 17.1 Å². The average molecular weight is 263 g/mol. The van der Waals surface area contributed by atoms with Crippen molar-refractivity contribution in [1.29, 1.82) is 0 Å². The van der Waals surface area contributed by atoms with Crippen molar-refractivity contribution in [1.82, 2.24) is 9.97 Å². The topological polar surface area (TPSA) is 61.0 Å². The Morgan fingerprint density at radius 1 is 1.21 bits per heavy atom. The molecule has 0 radical (unpaired) electrons. The minimum absolute atomic E-state index is 0.0127. The van der Waals surface area contributed by atoms with Gasteiger partial charge in [-0.05, 0) is 24.7 Å². The number of hydrogen-bond donors (Lipinski definition) is 1. The highest BCUT2D eigenvalue weighted by atomic mass is 16.5. The van der Waals surface area contributed by atoms with Gasteiger partial charge in [-0.3, -0.25) is 0 Å². The lowest BCUT2D eigenvalue weighted by atomic mass is 9.85. The SMILES string of the molecule is COC(c1nc(N)cc(C(C)C)n1)C1CCCCC1. The Morgan fingerprint density at radius 2 is 1.89 bits per heavy atom. The third-order valence-corrected chi connectivity index (χ3v) is 3.96. The molecular weight excluding hydrogens is 238 g/mol. The van der Waals surface area contributed by atoms with E-state index in [0.717, 1.165) is 11.5 Å². The molecule has 0 bridgehead atoms. The quantitative estimate of drug-likeness (QED) is 0.903. The molecule has 0 saturated heterocycles. The van der Waals surface area contributed by atoms with E-state index >= 15 is 0 Å². The summed E-state index contributed by atoms with van der Waals surface area (Å²) in [4.78, 5) is 9.07. The van der Waals surface area contributed by atoms with Gasteiger partial charge in [0.2, 0.25) is 0 Å². The van der Waals surface area contributed by atoms with E-state index in [9.17, 15) is 0 Å². The largest absolute Gasteiger partial charge is 0.384 e. The van der Waals surface area contributed by atoms with Crippen LogP contribution in [0.2, 0.25) is 0 Å². The summed E-state index contributed by atoms with van der Waals surface area (Å²) in [5.74, 6) is 2.19. The van der Waals surface area contributed by atoms with Gasteiger partial charge in [-0.15, -0.1) is 0 Å². The van der Waals surface area contributed by atoms with Crippen molar-refractivity contribution >= 4 is 5.82 Å². The van der Waals surface area contributed by atoms with Gasteiger partial charge in [0, 0.05) is 18.9 Å². The molecule has 19 heavy (non-hydrogen) atoms. The van der Waals surface area contributed by atoms with Crippen molar-refractivity contribution in [2.45, 2.75) is 58.0 Å². The molecule has 1 heterocycles. The van der Waals surface area contributed by atoms with Gasteiger partial charge in [-0.2, -0.15) is 0 Å². The van der Waals surface area contributed by atoms with E-state index in [4.69, 9.17) is 10.5 Å². The van der Waals surface area contributed by atoms with Crippen molar-refractivity contribution in [2.75, 3.05) is 12.8 Å². The van der Waals surface area contributed by atoms with Crippen LogP contribution in [0.25, 0.3) is 0 Å². The Labute approximate surface area is 115 Å². The highest BCUT2D eigenvalue weighted by Crippen LogP contribution is 2.35. The first kappa shape index (κ1) is 14.3. The molecule has 1 aromatic heterocycles. The molecule has 1 aromatic rings. The first-order valence-electron chi connectivity index (χ1n) is 7.29. The Bertz CT molecular complexity index is 414. The van der Waals surface area contributed by atoms with Crippen LogP contribution in [0, 0.1) is 5.92 Å². The number of rotatable bonds is 4. The zero-order valence-corrected chi connectivity index (χ0v) is 12.2. The second kappa shape index (κ2) is 6.33. The third kappa shape index (κ3) is 3.44. The molecule has 1 aliphatic carbocycles. The number of anilines is 1. The van der Waals surface area contributed by atoms with Crippen molar-refractivity contribution in [3.05, 3.63) is 17.6 Å². The highest BCUT2D eigenvalue weighted by Gasteiger charge is 2.27. The van der Waals surface area contributed by atoms with Gasteiger partial charge in [0.05, 0.1) is 0 Å². The van der Waals surface area contributed by atoms with Crippen LogP contribution in [-0.2, 0) is 4.74 Å². The van der Waals surface area contributed by atoms with E-state index in [1.54, 1.807) is 7.11 Å². The van der Waals surface area contributed by atoms with Crippen molar-refractivity contribution in [3.63, 3.8) is 0 Å². The van der Waals surface area contributed by atoms with Crippen molar-refractivity contribution < 1.29 is 4.74 Å². The van der Waals surface area contributed by atoms with E-state index in [-0.39, 0.29) is 6.10 Å². The molecule has 0 spiro atoms. The molecule has 1 unspecified atom stereocenters. The van der Waals surface area contributed by atoms with Crippen LogP contribution in [0.1, 0.15) is 69.5 Å². The first-order chi connectivity index (χ1) is 9.11. The molecule has 0 aromatic carbocycles. The van der Waals surface area contributed by atoms with Gasteiger partial charge in [-0.25, -0.2) is 9.97 Å². The number of hydrogen-bond acceptors (Lipinski definition) is 4. The number of aromatic nitrogens is 2. The van der Waals surface area contributed by atoms with Crippen LogP contribution >= 0.6 is 0 Å². The molecular formula is C15H25N3O. The lowest BCUT2D eigenvalue weighted by molar-refractivity contribution is 0.0288. The Balaban J connectivity index is 2.26. The predicted molar refractivity (Wildman–Crippen MR) is 76.9 cm³/mol. The highest BCUT2D eigenvalue weighted by molar-refractivity contribution is 5.31. The third-order valence-electron chi connectivity index (χ3n) is 3.96. The second-order valence-electron chi connectivity index (χ2n) is 5.78. The van der Waals surface area contributed by atoms with Crippen molar-refractivity contribution in [2.24, 2.45) is 5.92 Å². The molecule has 0 amide bonds. The molecule has 4 heteroatoms. The van der Waals surface area contributed by atoms with Crippen LogP contribution < -0.4 is 5.73 Å². The fraction of sp³-hybridized carbons (Fsp3) is 0.733. The first-order valence-corrected chi connectivity index (χ1v) is 7.29. The predicted octanol–water partition coefficient (Wildman–Crippen LogP) is 3.45. The zero-order valence-electron chi connectivity index (χ0n) is 12.2. The van der Waals surface area contributed by atoms with Crippen LogP contribution in [0.4, 0.5) is 5.82 Å². The molecule has 4 nitrogen and oxygen atoms in total. The van der Waals surface area contributed by atoms with Crippen LogP contribution in [0.15, 0.2) is 6.07 Å². The lowest BCUT2D eigenvalue weighted by Gasteiger charge is -2.28. The van der Waals surface area contributed by atoms with E-state index < -0.39 is 0 Å². The minimum Gasteiger partial charge on any atom is -0.384 e. The number of nitrogens with two attached hydrogens (primary N) is 1. The summed E-state index contributed by atoms with van der Waals surface area (Å²) in [5, 5.41) is 0. The Morgan fingerprint density at radius 3 is 2.47 bits per heavy atom. The summed E-state index contributed by atoms with van der Waals surface area (Å²) < 4.78 is 5.69. The van der Waals surface area contributed by atoms with Crippen molar-refractivity contribution in [3.8, 4) is 0 Å². The van der Waals surface area contributed by atoms with Gasteiger partial charge in [-0.1, -0.05) is 33.1 Å². The summed E-state index contributed by atoms with van der Waals surface area (Å²) in [6.07, 6.45) is 6.29. The van der Waals surface area contributed by atoms with E-state index in [2.05, 4.69) is 23.8 Å². The molecule has 1 atom stereocenters. The molecule has 106 valence electrons. The van der Waals surface area contributed by atoms with Crippen LogP contribution in [0.5, 0.6) is 0 Å². The molecule has 2 rings (SSSR count). The molecule has 0 aliphatic heterocycles. The Hall–Kier alpha value is -1.16. The van der Waals surface area contributed by atoms with Gasteiger partial charge in [0.25, 0.3) is 0 Å². The molecule has 1 fully saturated rings. The number of nitrogens with zero attached hydrogens (tertiary/aromatic N) is 2. The van der Waals surface area contributed by atoms with E-state index in [0.29, 0.717) is 17.7 Å². The second-order valence-corrected chi connectivity index (χ2v) is 5.78. The molecule has 1 aliphatic rings. The fourth-order valence-electron chi connectivity index (χ4n) is 2.87.